The number of allylic oxidation sites excluding steroid dienone is 2. The largest absolute Gasteiger partial charge is 0.432 e. The summed E-state index contributed by atoms with van der Waals surface area (Å²) < 4.78 is 39.0. The zero-order valence-electron chi connectivity index (χ0n) is 19.8. The number of piperazine rings is 1. The average molecular weight is 492 g/mol. The minimum atomic E-state index is -4.57. The summed E-state index contributed by atoms with van der Waals surface area (Å²) in [5.74, 6) is 1.16. The number of carbonyl (C=O) groups is 1. The molecule has 0 aromatic rings. The van der Waals surface area contributed by atoms with Gasteiger partial charge in [0.25, 0.3) is 5.91 Å². The van der Waals surface area contributed by atoms with Gasteiger partial charge in [-0.3, -0.25) is 10.2 Å². The highest BCUT2D eigenvalue weighted by atomic mass is 19.4. The molecule has 4 aliphatic rings. The van der Waals surface area contributed by atoms with Crippen molar-refractivity contribution in [3.05, 3.63) is 34.9 Å². The number of hydrazine groups is 1. The summed E-state index contributed by atoms with van der Waals surface area (Å²) in [5, 5.41) is 16.2. The van der Waals surface area contributed by atoms with Crippen molar-refractivity contribution < 1.29 is 18.0 Å². The summed E-state index contributed by atoms with van der Waals surface area (Å²) in [6.45, 7) is 5.57. The monoisotopic (exact) mass is 491 g/mol. The number of hydrogen-bond acceptors (Lipinski definition) is 7. The number of aliphatic imine (C=N–C) groups is 1. The molecule has 0 aromatic heterocycles. The standard InChI is InChI=1S/C24H32F3N7O/c1-15-2-3-19(32-23(35)18-11-21(24(25,26)27)33-31-14-18)12-20(15)16-4-5-30-22(17(10-16)13-28)34-8-6-29-7-9-34/h5,11,14-16,19-20,29,31,33H,2-4,6-10,12H2,1H3,(H,32,35)/t15?,16?,19?,20-/m1/s1. The quantitative estimate of drug-likeness (QED) is 0.482. The molecular formula is C24H32F3N7O. The van der Waals surface area contributed by atoms with Gasteiger partial charge in [0.15, 0.2) is 0 Å². The van der Waals surface area contributed by atoms with E-state index < -0.39 is 17.8 Å². The van der Waals surface area contributed by atoms with E-state index in [4.69, 9.17) is 0 Å². The highest BCUT2D eigenvalue weighted by Crippen LogP contribution is 2.40. The molecule has 1 aliphatic carbocycles. The second-order valence-corrected chi connectivity index (χ2v) is 9.71. The third-order valence-electron chi connectivity index (χ3n) is 7.41. The molecule has 8 nitrogen and oxygen atoms in total. The first-order valence-electron chi connectivity index (χ1n) is 12.2. The lowest BCUT2D eigenvalue weighted by atomic mass is 9.69. The molecule has 0 radical (unpaired) electrons. The van der Waals surface area contributed by atoms with Crippen LogP contribution in [0.1, 0.15) is 39.0 Å². The number of amides is 1. The Labute approximate surface area is 203 Å². The van der Waals surface area contributed by atoms with Crippen molar-refractivity contribution in [2.45, 2.75) is 51.2 Å². The first-order chi connectivity index (χ1) is 16.8. The van der Waals surface area contributed by atoms with Crippen molar-refractivity contribution >= 4 is 12.1 Å². The number of nitriles is 1. The summed E-state index contributed by atoms with van der Waals surface area (Å²) in [6.07, 6.45) is 3.20. The normalized spacial score (nSPS) is 29.7. The van der Waals surface area contributed by atoms with E-state index in [1.165, 1.54) is 6.20 Å². The smallest absolute Gasteiger partial charge is 0.353 e. The zero-order chi connectivity index (χ0) is 25.0. The molecular weight excluding hydrogens is 459 g/mol. The van der Waals surface area contributed by atoms with Gasteiger partial charge < -0.3 is 21.0 Å². The van der Waals surface area contributed by atoms with Crippen molar-refractivity contribution in [1.29, 1.82) is 5.26 Å². The van der Waals surface area contributed by atoms with Crippen LogP contribution < -0.4 is 21.5 Å². The fourth-order valence-electron chi connectivity index (χ4n) is 5.48. The number of nitrogens with one attached hydrogen (secondary N) is 4. The van der Waals surface area contributed by atoms with Gasteiger partial charge in [-0.1, -0.05) is 6.92 Å². The molecule has 2 fully saturated rings. The van der Waals surface area contributed by atoms with Gasteiger partial charge in [0.1, 0.15) is 11.5 Å². The lowest BCUT2D eigenvalue weighted by Gasteiger charge is -2.39. The molecule has 3 heterocycles. The summed E-state index contributed by atoms with van der Waals surface area (Å²) in [4.78, 5) is 19.6. The van der Waals surface area contributed by atoms with Crippen LogP contribution in [-0.4, -0.2) is 55.4 Å². The third-order valence-corrected chi connectivity index (χ3v) is 7.41. The van der Waals surface area contributed by atoms with Crippen molar-refractivity contribution in [3.63, 3.8) is 0 Å². The Kier molecular flexibility index (Phi) is 7.69. The van der Waals surface area contributed by atoms with E-state index in [1.54, 1.807) is 0 Å². The molecule has 1 saturated heterocycles. The van der Waals surface area contributed by atoms with Gasteiger partial charge in [-0.25, -0.2) is 4.99 Å². The van der Waals surface area contributed by atoms with E-state index in [-0.39, 0.29) is 23.5 Å². The zero-order valence-corrected chi connectivity index (χ0v) is 19.8. The second kappa shape index (κ2) is 10.7. The van der Waals surface area contributed by atoms with Crippen LogP contribution in [0.15, 0.2) is 39.9 Å². The molecule has 0 aromatic carbocycles. The number of halogens is 3. The molecule has 11 heteroatoms. The fraction of sp³-hybridized carbons (Fsp3) is 0.625. The lowest BCUT2D eigenvalue weighted by molar-refractivity contribution is -0.118. The highest BCUT2D eigenvalue weighted by Gasteiger charge is 2.38. The van der Waals surface area contributed by atoms with E-state index in [2.05, 4.69) is 38.9 Å². The molecule has 4 rings (SSSR count). The first kappa shape index (κ1) is 25.1. The Hall–Kier alpha value is -3.00. The van der Waals surface area contributed by atoms with Crippen LogP contribution >= 0.6 is 0 Å². The number of nitrogens with zero attached hydrogens (tertiary/aromatic N) is 3. The van der Waals surface area contributed by atoms with Crippen LogP contribution in [0, 0.1) is 29.1 Å². The van der Waals surface area contributed by atoms with Gasteiger partial charge in [0.05, 0.1) is 17.2 Å². The van der Waals surface area contributed by atoms with Gasteiger partial charge in [0, 0.05) is 44.6 Å². The van der Waals surface area contributed by atoms with Crippen LogP contribution in [0.4, 0.5) is 13.2 Å². The Bertz CT molecular complexity index is 973. The molecule has 35 heavy (non-hydrogen) atoms. The molecule has 0 spiro atoms. The molecule has 4 N–H and O–H groups in total. The Morgan fingerprint density at radius 2 is 2.06 bits per heavy atom. The van der Waals surface area contributed by atoms with Gasteiger partial charge in [-0.15, -0.1) is 0 Å². The van der Waals surface area contributed by atoms with Crippen LogP contribution in [0.5, 0.6) is 0 Å². The van der Waals surface area contributed by atoms with Crippen molar-refractivity contribution in [3.8, 4) is 6.07 Å². The molecule has 190 valence electrons. The molecule has 1 amide bonds. The van der Waals surface area contributed by atoms with Crippen LogP contribution in [0.3, 0.4) is 0 Å². The van der Waals surface area contributed by atoms with Gasteiger partial charge in [-0.2, -0.15) is 18.4 Å². The van der Waals surface area contributed by atoms with E-state index >= 15 is 0 Å². The molecule has 1 saturated carbocycles. The average Bonchev–Trinajstić information content (AvgIpc) is 3.08. The summed E-state index contributed by atoms with van der Waals surface area (Å²) in [7, 11) is 0. The summed E-state index contributed by atoms with van der Waals surface area (Å²) >= 11 is 0. The molecule has 3 aliphatic heterocycles. The first-order valence-corrected chi connectivity index (χ1v) is 12.2. The van der Waals surface area contributed by atoms with E-state index in [0.717, 1.165) is 63.8 Å². The predicted molar refractivity (Wildman–Crippen MR) is 125 cm³/mol. The van der Waals surface area contributed by atoms with Crippen LogP contribution in [0.2, 0.25) is 0 Å². The van der Waals surface area contributed by atoms with Crippen molar-refractivity contribution in [1.82, 2.24) is 26.4 Å². The maximum atomic E-state index is 13.0. The van der Waals surface area contributed by atoms with Crippen molar-refractivity contribution in [2.24, 2.45) is 22.7 Å². The van der Waals surface area contributed by atoms with Crippen LogP contribution in [-0.2, 0) is 4.79 Å². The number of carbonyl (C=O) groups excluding carboxylic acids is 1. The van der Waals surface area contributed by atoms with E-state index in [9.17, 15) is 23.2 Å². The second-order valence-electron chi connectivity index (χ2n) is 9.71. The van der Waals surface area contributed by atoms with E-state index in [0.29, 0.717) is 17.9 Å². The maximum absolute atomic E-state index is 13.0. The number of alkyl halides is 3. The van der Waals surface area contributed by atoms with Crippen LogP contribution in [0.25, 0.3) is 0 Å². The van der Waals surface area contributed by atoms with Crippen molar-refractivity contribution in [2.75, 3.05) is 26.2 Å². The summed E-state index contributed by atoms with van der Waals surface area (Å²) in [5.41, 5.74) is 3.97. The number of hydrogen-bond donors (Lipinski definition) is 4. The minimum absolute atomic E-state index is 0.0665. The predicted octanol–water partition coefficient (Wildman–Crippen LogP) is 2.47. The Balaban J connectivity index is 1.43. The van der Waals surface area contributed by atoms with Gasteiger partial charge >= 0.3 is 6.18 Å². The topological polar surface area (TPSA) is 105 Å². The van der Waals surface area contributed by atoms with E-state index in [1.807, 2.05) is 11.6 Å². The molecule has 3 unspecified atom stereocenters. The fourth-order valence-corrected chi connectivity index (χ4v) is 5.48. The number of rotatable bonds is 4. The molecule has 4 atom stereocenters. The van der Waals surface area contributed by atoms with Gasteiger partial charge in [0.2, 0.25) is 0 Å². The molecule has 0 bridgehead atoms. The minimum Gasteiger partial charge on any atom is -0.353 e. The highest BCUT2D eigenvalue weighted by molar-refractivity contribution is 5.96. The Morgan fingerprint density at radius 3 is 2.77 bits per heavy atom. The maximum Gasteiger partial charge on any atom is 0.432 e. The summed E-state index contributed by atoms with van der Waals surface area (Å²) in [6, 6.07) is 2.26. The lowest BCUT2D eigenvalue weighted by Crippen LogP contribution is -2.44. The van der Waals surface area contributed by atoms with Gasteiger partial charge in [-0.05, 0) is 55.9 Å². The third kappa shape index (κ3) is 5.99. The Morgan fingerprint density at radius 1 is 1.29 bits per heavy atom. The SMILES string of the molecule is CC1CCC(NC(=O)C2=CNNC(C(F)(F)F)=C2)C[C@H]1C1CC=NC(N2CCNCC2)=C(C#N)C1.